The van der Waals surface area contributed by atoms with Crippen molar-refractivity contribution in [3.05, 3.63) is 16.3 Å². The third-order valence-electron chi connectivity index (χ3n) is 3.75. The molecule has 0 saturated heterocycles. The predicted octanol–water partition coefficient (Wildman–Crippen LogP) is 1.38. The second kappa shape index (κ2) is 7.06. The molecule has 0 aliphatic carbocycles. The first-order chi connectivity index (χ1) is 11.4. The lowest BCUT2D eigenvalue weighted by Gasteiger charge is -2.20. The molecule has 0 radical (unpaired) electrons. The maximum Gasteiger partial charge on any atom is 0.345 e. The molecule has 0 bridgehead atoms. The first-order valence-electron chi connectivity index (χ1n) is 7.84. The molecule has 130 valence electrons. The van der Waals surface area contributed by atoms with Gasteiger partial charge in [0.25, 0.3) is 0 Å². The van der Waals surface area contributed by atoms with Crippen LogP contribution in [-0.4, -0.2) is 36.2 Å². The lowest BCUT2D eigenvalue weighted by Crippen LogP contribution is -2.35. The molecule has 3 heterocycles. The van der Waals surface area contributed by atoms with Crippen molar-refractivity contribution in [2.75, 3.05) is 11.1 Å². The largest absolute Gasteiger partial charge is 0.345 e. The van der Waals surface area contributed by atoms with Gasteiger partial charge in [-0.25, -0.2) is 9.48 Å². The lowest BCUT2D eigenvalue weighted by atomic mass is 9.99. The van der Waals surface area contributed by atoms with Crippen molar-refractivity contribution in [2.45, 2.75) is 37.6 Å². The average Bonchev–Trinajstić information content (AvgIpc) is 3.10. The summed E-state index contributed by atoms with van der Waals surface area (Å²) in [6, 6.07) is 0. The van der Waals surface area contributed by atoms with Crippen LogP contribution in [0.2, 0.25) is 0 Å². The molecule has 1 aliphatic rings. The van der Waals surface area contributed by atoms with Gasteiger partial charge in [0.05, 0.1) is 5.92 Å². The number of hydrogen-bond acceptors (Lipinski definition) is 7. The molecule has 1 atom stereocenters. The van der Waals surface area contributed by atoms with Gasteiger partial charge in [-0.05, 0) is 12.3 Å². The number of rotatable bonds is 5. The number of amides is 1. The second-order valence-corrected chi connectivity index (χ2v) is 8.48. The number of aromatic nitrogens is 5. The molecule has 2 aromatic rings. The Labute approximate surface area is 147 Å². The van der Waals surface area contributed by atoms with Crippen LogP contribution in [0.15, 0.2) is 9.13 Å². The van der Waals surface area contributed by atoms with E-state index in [1.54, 1.807) is 23.4 Å². The van der Waals surface area contributed by atoms with E-state index in [-0.39, 0.29) is 17.5 Å². The quantitative estimate of drug-likeness (QED) is 0.633. The second-order valence-electron chi connectivity index (χ2n) is 6.24. The van der Waals surface area contributed by atoms with E-state index < -0.39 is 0 Å². The van der Waals surface area contributed by atoms with Gasteiger partial charge < -0.3 is 5.32 Å². The maximum atomic E-state index is 12.4. The first kappa shape index (κ1) is 17.2. The van der Waals surface area contributed by atoms with E-state index in [0.29, 0.717) is 30.4 Å². The highest BCUT2D eigenvalue weighted by atomic mass is 32.2. The SMILES string of the molecule is CC(C)CSc1nnc(NC(=O)C2CCc3nn(C)c(=O)n3C2)s1. The number of carbonyl (C=O) groups excluding carboxylic acids is 1. The molecule has 1 aliphatic heterocycles. The van der Waals surface area contributed by atoms with Crippen molar-refractivity contribution >= 4 is 34.1 Å². The zero-order valence-corrected chi connectivity index (χ0v) is 15.5. The Hall–Kier alpha value is -1.68. The van der Waals surface area contributed by atoms with Crippen molar-refractivity contribution < 1.29 is 4.79 Å². The third-order valence-corrected chi connectivity index (χ3v) is 6.15. The standard InChI is InChI=1S/C14H20N6O2S2/c1-8(2)7-23-13-17-16-12(24-13)15-11(21)9-4-5-10-18-19(3)14(22)20(10)6-9/h8-9H,4-7H2,1-3H3,(H,15,16,21). The molecule has 0 spiro atoms. The van der Waals surface area contributed by atoms with Gasteiger partial charge in [-0.15, -0.1) is 10.2 Å². The minimum absolute atomic E-state index is 0.118. The van der Waals surface area contributed by atoms with Gasteiger partial charge in [-0.3, -0.25) is 9.36 Å². The van der Waals surface area contributed by atoms with Crippen LogP contribution in [0.5, 0.6) is 0 Å². The molecule has 2 aromatic heterocycles. The smallest absolute Gasteiger partial charge is 0.300 e. The minimum Gasteiger partial charge on any atom is -0.300 e. The first-order valence-corrected chi connectivity index (χ1v) is 9.64. The van der Waals surface area contributed by atoms with Crippen molar-refractivity contribution in [1.29, 1.82) is 0 Å². The Morgan fingerprint density at radius 1 is 1.46 bits per heavy atom. The van der Waals surface area contributed by atoms with Gasteiger partial charge in [-0.1, -0.05) is 36.9 Å². The van der Waals surface area contributed by atoms with Crippen LogP contribution < -0.4 is 11.0 Å². The molecule has 0 fully saturated rings. The predicted molar refractivity (Wildman–Crippen MR) is 93.4 cm³/mol. The highest BCUT2D eigenvalue weighted by molar-refractivity contribution is 8.01. The number of carbonyl (C=O) groups is 1. The van der Waals surface area contributed by atoms with Gasteiger partial charge in [0, 0.05) is 25.8 Å². The highest BCUT2D eigenvalue weighted by Gasteiger charge is 2.28. The zero-order valence-electron chi connectivity index (χ0n) is 13.9. The molecule has 0 aromatic carbocycles. The molecule has 8 nitrogen and oxygen atoms in total. The summed E-state index contributed by atoms with van der Waals surface area (Å²) in [5, 5.41) is 15.6. The Morgan fingerprint density at radius 2 is 2.25 bits per heavy atom. The number of nitrogens with zero attached hydrogens (tertiary/aromatic N) is 5. The van der Waals surface area contributed by atoms with Crippen LogP contribution in [0.1, 0.15) is 26.1 Å². The van der Waals surface area contributed by atoms with Crippen molar-refractivity contribution in [1.82, 2.24) is 24.5 Å². The number of thioether (sulfide) groups is 1. The van der Waals surface area contributed by atoms with Crippen molar-refractivity contribution in [3.63, 3.8) is 0 Å². The lowest BCUT2D eigenvalue weighted by molar-refractivity contribution is -0.120. The third kappa shape index (κ3) is 3.69. The molecule has 10 heteroatoms. The Kier molecular flexibility index (Phi) is 5.04. The summed E-state index contributed by atoms with van der Waals surface area (Å²) in [6.07, 6.45) is 1.30. The highest BCUT2D eigenvalue weighted by Crippen LogP contribution is 2.27. The summed E-state index contributed by atoms with van der Waals surface area (Å²) < 4.78 is 3.75. The van der Waals surface area contributed by atoms with E-state index in [9.17, 15) is 9.59 Å². The fraction of sp³-hybridized carbons (Fsp3) is 0.643. The number of anilines is 1. The summed E-state index contributed by atoms with van der Waals surface area (Å²) >= 11 is 3.03. The summed E-state index contributed by atoms with van der Waals surface area (Å²) in [7, 11) is 1.63. The van der Waals surface area contributed by atoms with E-state index in [2.05, 4.69) is 34.5 Å². The maximum absolute atomic E-state index is 12.4. The molecule has 1 N–H and O–H groups in total. The Morgan fingerprint density at radius 3 is 3.00 bits per heavy atom. The minimum atomic E-state index is -0.255. The molecule has 3 rings (SSSR count). The fourth-order valence-electron chi connectivity index (χ4n) is 2.52. The van der Waals surface area contributed by atoms with Crippen molar-refractivity contribution in [2.24, 2.45) is 18.9 Å². The normalized spacial score (nSPS) is 17.1. The van der Waals surface area contributed by atoms with Crippen LogP contribution in [-0.2, 0) is 24.8 Å². The monoisotopic (exact) mass is 368 g/mol. The average molecular weight is 368 g/mol. The number of hydrogen-bond donors (Lipinski definition) is 1. The molecular weight excluding hydrogens is 348 g/mol. The molecule has 1 unspecified atom stereocenters. The van der Waals surface area contributed by atoms with Crippen LogP contribution >= 0.6 is 23.1 Å². The number of fused-ring (bicyclic) bond motifs is 1. The van der Waals surface area contributed by atoms with Crippen LogP contribution in [0.25, 0.3) is 0 Å². The van der Waals surface area contributed by atoms with Crippen molar-refractivity contribution in [3.8, 4) is 0 Å². The van der Waals surface area contributed by atoms with Crippen LogP contribution in [0.3, 0.4) is 0 Å². The van der Waals surface area contributed by atoms with Crippen LogP contribution in [0, 0.1) is 11.8 Å². The van der Waals surface area contributed by atoms with Gasteiger partial charge in [0.2, 0.25) is 11.0 Å². The molecular formula is C14H20N6O2S2. The molecule has 24 heavy (non-hydrogen) atoms. The fourth-order valence-corrected chi connectivity index (χ4v) is 4.25. The van der Waals surface area contributed by atoms with E-state index in [1.807, 2.05) is 0 Å². The van der Waals surface area contributed by atoms with Gasteiger partial charge in [0.15, 0.2) is 4.34 Å². The van der Waals surface area contributed by atoms with E-state index in [4.69, 9.17) is 0 Å². The molecule has 1 amide bonds. The van der Waals surface area contributed by atoms with Gasteiger partial charge in [-0.2, -0.15) is 5.10 Å². The summed E-state index contributed by atoms with van der Waals surface area (Å²) in [6.45, 7) is 4.66. The Bertz CT molecular complexity index is 794. The number of nitrogens with one attached hydrogen (secondary N) is 1. The van der Waals surface area contributed by atoms with Gasteiger partial charge >= 0.3 is 5.69 Å². The number of aryl methyl sites for hydroxylation is 2. The van der Waals surface area contributed by atoms with E-state index in [1.165, 1.54) is 16.0 Å². The Balaban J connectivity index is 1.62. The summed E-state index contributed by atoms with van der Waals surface area (Å²) in [4.78, 5) is 24.4. The van der Waals surface area contributed by atoms with E-state index >= 15 is 0 Å². The van der Waals surface area contributed by atoms with E-state index in [0.717, 1.165) is 15.9 Å². The zero-order chi connectivity index (χ0) is 17.3. The summed E-state index contributed by atoms with van der Waals surface area (Å²) in [5.41, 5.74) is -0.175. The van der Waals surface area contributed by atoms with Gasteiger partial charge in [0.1, 0.15) is 5.82 Å². The van der Waals surface area contributed by atoms with Crippen LogP contribution in [0.4, 0.5) is 5.13 Å². The summed E-state index contributed by atoms with van der Waals surface area (Å²) in [5.74, 6) is 1.92. The topological polar surface area (TPSA) is 94.7 Å². The molecule has 0 saturated carbocycles.